The molecule has 2 aliphatic rings. The minimum Gasteiger partial charge on any atom is -0.382 e. The Hall–Kier alpha value is -1.27. The zero-order valence-electron chi connectivity index (χ0n) is 14.9. The lowest BCUT2D eigenvalue weighted by Crippen LogP contribution is -2.40. The monoisotopic (exact) mass is 417 g/mol. The van der Waals surface area contributed by atoms with E-state index in [0.717, 1.165) is 0 Å². The van der Waals surface area contributed by atoms with Gasteiger partial charge in [-0.1, -0.05) is 25.6 Å². The van der Waals surface area contributed by atoms with Gasteiger partial charge >= 0.3 is 7.82 Å². The number of thioether (sulfide) groups is 1. The molecule has 2 fully saturated rings. The molecule has 2 saturated heterocycles. The molecule has 0 radical (unpaired) electrons. The number of nitrogen functional groups attached to an aromatic ring is 1. The molecule has 11 nitrogen and oxygen atoms in total. The van der Waals surface area contributed by atoms with Crippen LogP contribution in [-0.2, 0) is 23.1 Å². The lowest BCUT2D eigenvalue weighted by atomic mass is 10.1. The van der Waals surface area contributed by atoms with Crippen molar-refractivity contribution in [1.29, 1.82) is 0 Å². The fourth-order valence-electron chi connectivity index (χ4n) is 3.16. The third-order valence-corrected chi connectivity index (χ3v) is 6.11. The molecule has 0 amide bonds. The van der Waals surface area contributed by atoms with E-state index in [9.17, 15) is 9.46 Å². The van der Waals surface area contributed by atoms with Crippen molar-refractivity contribution in [2.75, 3.05) is 19.5 Å². The van der Waals surface area contributed by atoms with E-state index in [4.69, 9.17) is 24.3 Å². The van der Waals surface area contributed by atoms with Crippen molar-refractivity contribution in [2.45, 2.75) is 48.8 Å². The van der Waals surface area contributed by atoms with Crippen LogP contribution in [0.15, 0.2) is 11.5 Å². The number of fused-ring (bicyclic) bond motifs is 2. The minimum absolute atomic E-state index is 0.0764. The largest absolute Gasteiger partial charge is 0.472 e. The molecule has 2 aromatic heterocycles. The number of hydrogen-bond acceptors (Lipinski definition) is 10. The van der Waals surface area contributed by atoms with Crippen LogP contribution in [0.5, 0.6) is 0 Å². The van der Waals surface area contributed by atoms with Crippen molar-refractivity contribution in [3.8, 4) is 0 Å². The number of nitrogens with two attached hydrogens (primary N) is 1. The maximum atomic E-state index is 11.8. The standard InChI is InChI=1S/C14H20N5O6PS/c1-6(2)27-14-17-11(15)8-12(18-14)19(5-16-8)13-10(22-3)9-7(24-13)4-23-26(20,21)25-9/h5-7,9-10,13H,4H2,1-3H3,(H,20,21)(H2,15,17,18). The van der Waals surface area contributed by atoms with E-state index in [0.29, 0.717) is 16.3 Å². The van der Waals surface area contributed by atoms with Crippen LogP contribution in [0.1, 0.15) is 20.1 Å². The number of rotatable bonds is 4. The third-order valence-electron chi connectivity index (χ3n) is 4.26. The lowest BCUT2D eigenvalue weighted by Gasteiger charge is -2.29. The summed E-state index contributed by atoms with van der Waals surface area (Å²) in [7, 11) is -2.64. The molecular formula is C14H20N5O6PS. The van der Waals surface area contributed by atoms with E-state index in [-0.39, 0.29) is 17.7 Å². The summed E-state index contributed by atoms with van der Waals surface area (Å²) in [6.07, 6.45) is -1.12. The maximum Gasteiger partial charge on any atom is 0.472 e. The molecule has 3 N–H and O–H groups in total. The van der Waals surface area contributed by atoms with Crippen molar-refractivity contribution in [2.24, 2.45) is 0 Å². The van der Waals surface area contributed by atoms with Crippen LogP contribution >= 0.6 is 19.6 Å². The molecule has 0 aliphatic carbocycles. The van der Waals surface area contributed by atoms with Gasteiger partial charge in [-0.2, -0.15) is 0 Å². The summed E-state index contributed by atoms with van der Waals surface area (Å²) in [5, 5.41) is 0.806. The summed E-state index contributed by atoms with van der Waals surface area (Å²) in [5.74, 6) is 0.269. The lowest BCUT2D eigenvalue weighted by molar-refractivity contribution is -0.0667. The van der Waals surface area contributed by atoms with Gasteiger partial charge in [-0.05, 0) is 0 Å². The SMILES string of the molecule is COC1C2OP(=O)(O)OCC2OC1n1cnc2c(N)nc(SC(C)C)nc21. The number of phosphoric ester groups is 1. The molecular weight excluding hydrogens is 397 g/mol. The van der Waals surface area contributed by atoms with Crippen LogP contribution in [-0.4, -0.2) is 61.7 Å². The van der Waals surface area contributed by atoms with Gasteiger partial charge in [-0.25, -0.2) is 19.5 Å². The van der Waals surface area contributed by atoms with Gasteiger partial charge in [-0.3, -0.25) is 13.6 Å². The summed E-state index contributed by atoms with van der Waals surface area (Å²) in [6, 6.07) is 0. The van der Waals surface area contributed by atoms with E-state index in [2.05, 4.69) is 15.0 Å². The van der Waals surface area contributed by atoms with E-state index in [1.807, 2.05) is 13.8 Å². The van der Waals surface area contributed by atoms with Gasteiger partial charge in [0.05, 0.1) is 12.9 Å². The fourth-order valence-corrected chi connectivity index (χ4v) is 4.83. The van der Waals surface area contributed by atoms with E-state index in [1.165, 1.54) is 25.2 Å². The van der Waals surface area contributed by atoms with E-state index >= 15 is 0 Å². The first-order valence-corrected chi connectivity index (χ1v) is 10.7. The molecule has 4 rings (SSSR count). The predicted octanol–water partition coefficient (Wildman–Crippen LogP) is 1.34. The second kappa shape index (κ2) is 6.96. The smallest absolute Gasteiger partial charge is 0.382 e. The quantitative estimate of drug-likeness (QED) is 0.422. The summed E-state index contributed by atoms with van der Waals surface area (Å²) in [4.78, 5) is 22.7. The first-order chi connectivity index (χ1) is 12.8. The Morgan fingerprint density at radius 2 is 2.26 bits per heavy atom. The van der Waals surface area contributed by atoms with Crippen molar-refractivity contribution in [3.05, 3.63) is 6.33 Å². The van der Waals surface area contributed by atoms with Crippen molar-refractivity contribution in [1.82, 2.24) is 19.5 Å². The third kappa shape index (κ3) is 3.46. The Kier molecular flexibility index (Phi) is 4.91. The van der Waals surface area contributed by atoms with E-state index in [1.54, 1.807) is 4.57 Å². The first kappa shape index (κ1) is 19.1. The van der Waals surface area contributed by atoms with Crippen molar-refractivity contribution < 1.29 is 28.0 Å². The highest BCUT2D eigenvalue weighted by Gasteiger charge is 2.53. The number of nitrogens with zero attached hydrogens (tertiary/aromatic N) is 4. The van der Waals surface area contributed by atoms with Gasteiger partial charge in [0.1, 0.15) is 23.8 Å². The number of methoxy groups -OCH3 is 1. The topological polar surface area (TPSA) is 144 Å². The van der Waals surface area contributed by atoms with Gasteiger partial charge in [-0.15, -0.1) is 0 Å². The molecule has 0 bridgehead atoms. The summed E-state index contributed by atoms with van der Waals surface area (Å²) >= 11 is 1.48. The van der Waals surface area contributed by atoms with Gasteiger partial charge in [0.25, 0.3) is 0 Å². The zero-order valence-corrected chi connectivity index (χ0v) is 16.6. The number of hydrogen-bond donors (Lipinski definition) is 2. The molecule has 5 unspecified atom stereocenters. The predicted molar refractivity (Wildman–Crippen MR) is 96.1 cm³/mol. The highest BCUT2D eigenvalue weighted by atomic mass is 32.2. The Labute approximate surface area is 159 Å². The molecule has 0 saturated carbocycles. The van der Waals surface area contributed by atoms with Crippen LogP contribution in [0.4, 0.5) is 5.82 Å². The molecule has 0 aromatic carbocycles. The van der Waals surface area contributed by atoms with Crippen molar-refractivity contribution >= 4 is 36.6 Å². The fraction of sp³-hybridized carbons (Fsp3) is 0.643. The maximum absolute atomic E-state index is 11.8. The van der Waals surface area contributed by atoms with Gasteiger partial charge < -0.3 is 20.1 Å². The minimum atomic E-state index is -4.12. The molecule has 13 heteroatoms. The number of imidazole rings is 1. The van der Waals surface area contributed by atoms with Crippen LogP contribution in [0.3, 0.4) is 0 Å². The molecule has 148 valence electrons. The zero-order chi connectivity index (χ0) is 19.3. The van der Waals surface area contributed by atoms with E-state index < -0.39 is 32.4 Å². The Bertz CT molecular complexity index is 909. The van der Waals surface area contributed by atoms with Crippen LogP contribution in [0.25, 0.3) is 11.2 Å². The Morgan fingerprint density at radius 1 is 1.48 bits per heavy atom. The Morgan fingerprint density at radius 3 is 2.96 bits per heavy atom. The molecule has 0 spiro atoms. The summed E-state index contributed by atoms with van der Waals surface area (Å²) in [5.41, 5.74) is 6.97. The summed E-state index contributed by atoms with van der Waals surface area (Å²) < 4.78 is 35.0. The van der Waals surface area contributed by atoms with Gasteiger partial charge in [0.15, 0.2) is 22.8 Å². The number of anilines is 1. The number of ether oxygens (including phenoxy) is 2. The molecule has 27 heavy (non-hydrogen) atoms. The molecule has 2 aliphatic heterocycles. The second-order valence-electron chi connectivity index (χ2n) is 6.48. The molecule has 5 atom stereocenters. The van der Waals surface area contributed by atoms with Gasteiger partial charge in [0, 0.05) is 12.4 Å². The number of phosphoric acid groups is 1. The van der Waals surface area contributed by atoms with Gasteiger partial charge in [0.2, 0.25) is 0 Å². The second-order valence-corrected chi connectivity index (χ2v) is 9.43. The normalized spacial score (nSPS) is 33.7. The average Bonchev–Trinajstić information content (AvgIpc) is 3.14. The van der Waals surface area contributed by atoms with Crippen LogP contribution in [0, 0.1) is 0 Å². The van der Waals surface area contributed by atoms with Crippen LogP contribution in [0.2, 0.25) is 0 Å². The Balaban J connectivity index is 1.73. The molecule has 4 heterocycles. The molecule has 2 aromatic rings. The van der Waals surface area contributed by atoms with Crippen LogP contribution < -0.4 is 5.73 Å². The highest BCUT2D eigenvalue weighted by Crippen LogP contribution is 2.53. The average molecular weight is 417 g/mol. The van der Waals surface area contributed by atoms with Crippen molar-refractivity contribution in [3.63, 3.8) is 0 Å². The highest BCUT2D eigenvalue weighted by molar-refractivity contribution is 7.99. The number of aromatic nitrogens is 4. The first-order valence-electron chi connectivity index (χ1n) is 8.30. The summed E-state index contributed by atoms with van der Waals surface area (Å²) in [6.45, 7) is 3.98.